The fourth-order valence-electron chi connectivity index (χ4n) is 4.64. The average Bonchev–Trinajstić information content (AvgIpc) is 3.16. The number of anilines is 1. The second-order valence-electron chi connectivity index (χ2n) is 8.92. The number of fused-ring (bicyclic) bond motifs is 1. The lowest BCUT2D eigenvalue weighted by Gasteiger charge is -2.34. The summed E-state index contributed by atoms with van der Waals surface area (Å²) >= 11 is 0. The number of aromatic nitrogens is 2. The number of nitro groups is 1. The Labute approximate surface area is 208 Å². The molecule has 2 amide bonds. The summed E-state index contributed by atoms with van der Waals surface area (Å²) < 4.78 is 0. The van der Waals surface area contributed by atoms with Crippen molar-refractivity contribution in [3.8, 4) is 11.1 Å². The van der Waals surface area contributed by atoms with Gasteiger partial charge in [0.25, 0.3) is 17.5 Å². The predicted octanol–water partition coefficient (Wildman–Crippen LogP) is 3.25. The lowest BCUT2D eigenvalue weighted by Crippen LogP contribution is -2.47. The molecule has 0 atom stereocenters. The first-order valence-electron chi connectivity index (χ1n) is 12.0. The number of non-ortho nitro benzene ring substituents is 1. The molecule has 36 heavy (non-hydrogen) atoms. The number of carbonyl (C=O) groups is 2. The van der Waals surface area contributed by atoms with E-state index in [4.69, 9.17) is 0 Å². The van der Waals surface area contributed by atoms with Crippen molar-refractivity contribution in [2.75, 3.05) is 44.2 Å². The smallest absolute Gasteiger partial charge is 0.270 e. The molecule has 184 valence electrons. The van der Waals surface area contributed by atoms with Crippen LogP contribution in [-0.4, -0.2) is 75.8 Å². The van der Waals surface area contributed by atoms with Crippen molar-refractivity contribution in [1.29, 1.82) is 0 Å². The first-order valence-corrected chi connectivity index (χ1v) is 12.0. The Bertz CT molecular complexity index is 1270. The summed E-state index contributed by atoms with van der Waals surface area (Å²) in [5.74, 6) is -0.0948. The maximum atomic E-state index is 12.6. The summed E-state index contributed by atoms with van der Waals surface area (Å²) in [6.07, 6.45) is 5.25. The Morgan fingerprint density at radius 2 is 1.47 bits per heavy atom. The molecule has 2 aliphatic heterocycles. The standard InChI is InChI=1S/C26H26N6O4/c33-24-22-9-8-21(32(35)36)16-23(22)25(34)31(24)11-5-4-10-29-12-14-30(15-13-29)26-27-17-20(18-28-26)19-6-2-1-3-7-19/h1-3,6-9,16-18H,4-5,10-15H2. The van der Waals surface area contributed by atoms with E-state index in [1.54, 1.807) is 0 Å². The van der Waals surface area contributed by atoms with Gasteiger partial charge in [0, 0.05) is 62.8 Å². The summed E-state index contributed by atoms with van der Waals surface area (Å²) in [5, 5.41) is 11.0. The number of benzene rings is 2. The van der Waals surface area contributed by atoms with E-state index in [-0.39, 0.29) is 22.7 Å². The van der Waals surface area contributed by atoms with Crippen LogP contribution < -0.4 is 4.90 Å². The van der Waals surface area contributed by atoms with Crippen molar-refractivity contribution in [2.24, 2.45) is 0 Å². The second kappa shape index (κ2) is 10.2. The summed E-state index contributed by atoms with van der Waals surface area (Å²) in [7, 11) is 0. The van der Waals surface area contributed by atoms with E-state index in [9.17, 15) is 19.7 Å². The second-order valence-corrected chi connectivity index (χ2v) is 8.92. The van der Waals surface area contributed by atoms with Crippen LogP contribution in [0.4, 0.5) is 11.6 Å². The van der Waals surface area contributed by atoms with Crippen molar-refractivity contribution in [3.05, 3.63) is 82.2 Å². The molecule has 5 rings (SSSR count). The number of nitrogens with zero attached hydrogens (tertiary/aromatic N) is 6. The molecule has 0 spiro atoms. The Morgan fingerprint density at radius 1 is 0.806 bits per heavy atom. The highest BCUT2D eigenvalue weighted by molar-refractivity contribution is 6.21. The lowest BCUT2D eigenvalue weighted by atomic mass is 10.1. The van der Waals surface area contributed by atoms with Gasteiger partial charge in [0.1, 0.15) is 0 Å². The molecular formula is C26H26N6O4. The number of rotatable bonds is 8. The van der Waals surface area contributed by atoms with Gasteiger partial charge in [-0.25, -0.2) is 9.97 Å². The SMILES string of the molecule is O=C1c2ccc([N+](=O)[O-])cc2C(=O)N1CCCCN1CCN(c2ncc(-c3ccccc3)cn2)CC1. The predicted molar refractivity (Wildman–Crippen MR) is 134 cm³/mol. The van der Waals surface area contributed by atoms with Crippen LogP contribution in [0.3, 0.4) is 0 Å². The lowest BCUT2D eigenvalue weighted by molar-refractivity contribution is -0.384. The quantitative estimate of drug-likeness (QED) is 0.206. The molecule has 2 aromatic carbocycles. The zero-order valence-corrected chi connectivity index (χ0v) is 19.7. The van der Waals surface area contributed by atoms with Gasteiger partial charge in [0.15, 0.2) is 0 Å². The Hall–Kier alpha value is -4.18. The minimum Gasteiger partial charge on any atom is -0.338 e. The number of nitro benzene ring substituents is 1. The van der Waals surface area contributed by atoms with Crippen molar-refractivity contribution < 1.29 is 14.5 Å². The maximum absolute atomic E-state index is 12.6. The highest BCUT2D eigenvalue weighted by Crippen LogP contribution is 2.27. The van der Waals surface area contributed by atoms with Gasteiger partial charge in [-0.2, -0.15) is 0 Å². The number of carbonyl (C=O) groups excluding carboxylic acids is 2. The number of imide groups is 1. The van der Waals surface area contributed by atoms with E-state index < -0.39 is 10.8 Å². The van der Waals surface area contributed by atoms with Crippen LogP contribution in [0, 0.1) is 10.1 Å². The molecule has 1 saturated heterocycles. The molecule has 10 nitrogen and oxygen atoms in total. The zero-order chi connectivity index (χ0) is 25.1. The van der Waals surface area contributed by atoms with Crippen molar-refractivity contribution in [2.45, 2.75) is 12.8 Å². The molecule has 3 aromatic rings. The topological polar surface area (TPSA) is 113 Å². The number of amides is 2. The minimum atomic E-state index is -0.563. The molecule has 0 saturated carbocycles. The van der Waals surface area contributed by atoms with Crippen LogP contribution in [0.1, 0.15) is 33.6 Å². The van der Waals surface area contributed by atoms with Gasteiger partial charge in [0.05, 0.1) is 16.1 Å². The third-order valence-electron chi connectivity index (χ3n) is 6.67. The average molecular weight is 487 g/mol. The zero-order valence-electron chi connectivity index (χ0n) is 19.7. The van der Waals surface area contributed by atoms with Gasteiger partial charge in [-0.15, -0.1) is 0 Å². The van der Waals surface area contributed by atoms with Gasteiger partial charge < -0.3 is 4.90 Å². The van der Waals surface area contributed by atoms with E-state index in [0.717, 1.165) is 56.2 Å². The first-order chi connectivity index (χ1) is 17.5. The molecule has 0 N–H and O–H groups in total. The highest BCUT2D eigenvalue weighted by atomic mass is 16.6. The van der Waals surface area contributed by atoms with E-state index in [0.29, 0.717) is 13.0 Å². The van der Waals surface area contributed by atoms with Gasteiger partial charge >= 0.3 is 0 Å². The highest BCUT2D eigenvalue weighted by Gasteiger charge is 2.36. The monoisotopic (exact) mass is 486 g/mol. The summed E-state index contributed by atoms with van der Waals surface area (Å²) in [6, 6.07) is 13.9. The largest absolute Gasteiger partial charge is 0.338 e. The molecule has 0 unspecified atom stereocenters. The van der Waals surface area contributed by atoms with E-state index in [1.165, 1.54) is 23.1 Å². The number of piperazine rings is 1. The number of hydrogen-bond acceptors (Lipinski definition) is 8. The fourth-order valence-corrected chi connectivity index (χ4v) is 4.64. The third-order valence-corrected chi connectivity index (χ3v) is 6.67. The third kappa shape index (κ3) is 4.80. The molecule has 1 aromatic heterocycles. The van der Waals surface area contributed by atoms with E-state index in [2.05, 4.69) is 19.8 Å². The van der Waals surface area contributed by atoms with Crippen LogP contribution >= 0.6 is 0 Å². The Balaban J connectivity index is 1.06. The van der Waals surface area contributed by atoms with Gasteiger partial charge in [-0.3, -0.25) is 29.5 Å². The van der Waals surface area contributed by atoms with Gasteiger partial charge in [-0.05, 0) is 31.0 Å². The summed E-state index contributed by atoms with van der Waals surface area (Å²) in [6.45, 7) is 4.63. The molecule has 3 heterocycles. The van der Waals surface area contributed by atoms with Crippen molar-refractivity contribution >= 4 is 23.5 Å². The maximum Gasteiger partial charge on any atom is 0.270 e. The molecule has 0 bridgehead atoms. The van der Waals surface area contributed by atoms with Gasteiger partial charge in [0.2, 0.25) is 5.95 Å². The molecule has 1 fully saturated rings. The van der Waals surface area contributed by atoms with Crippen LogP contribution in [0.2, 0.25) is 0 Å². The van der Waals surface area contributed by atoms with E-state index in [1.807, 2.05) is 42.7 Å². The van der Waals surface area contributed by atoms with Crippen molar-refractivity contribution in [1.82, 2.24) is 19.8 Å². The summed E-state index contributed by atoms with van der Waals surface area (Å²) in [5.41, 5.74) is 2.25. The number of hydrogen-bond donors (Lipinski definition) is 0. The van der Waals surface area contributed by atoms with Gasteiger partial charge in [-0.1, -0.05) is 30.3 Å². The number of unbranched alkanes of at least 4 members (excludes halogenated alkanes) is 1. The molecule has 10 heteroatoms. The minimum absolute atomic E-state index is 0.115. The molecule has 0 radical (unpaired) electrons. The Morgan fingerprint density at radius 3 is 2.17 bits per heavy atom. The molecular weight excluding hydrogens is 460 g/mol. The van der Waals surface area contributed by atoms with E-state index >= 15 is 0 Å². The van der Waals surface area contributed by atoms with Crippen LogP contribution in [0.15, 0.2) is 60.9 Å². The van der Waals surface area contributed by atoms with Crippen LogP contribution in [-0.2, 0) is 0 Å². The van der Waals surface area contributed by atoms with Crippen molar-refractivity contribution in [3.63, 3.8) is 0 Å². The first kappa shape index (κ1) is 23.6. The Kier molecular flexibility index (Phi) is 6.68. The summed E-state index contributed by atoms with van der Waals surface area (Å²) in [4.78, 5) is 50.4. The van der Waals surface area contributed by atoms with Crippen LogP contribution in [0.25, 0.3) is 11.1 Å². The molecule has 0 aliphatic carbocycles. The fraction of sp³-hybridized carbons (Fsp3) is 0.308. The molecule has 2 aliphatic rings. The van der Waals surface area contributed by atoms with Crippen LogP contribution in [0.5, 0.6) is 0 Å². The normalized spacial score (nSPS) is 15.9.